The third-order valence-corrected chi connectivity index (χ3v) is 10.7. The van der Waals surface area contributed by atoms with Gasteiger partial charge in [-0.15, -0.1) is 0 Å². The Hall–Kier alpha value is -3.83. The number of ether oxygens (including phenoxy) is 2. The van der Waals surface area contributed by atoms with Crippen molar-refractivity contribution in [2.24, 2.45) is 11.3 Å². The number of piperidine rings is 2. The van der Waals surface area contributed by atoms with Gasteiger partial charge in [-0.2, -0.15) is 0 Å². The molecular formula is C38H59N5O7. The van der Waals surface area contributed by atoms with E-state index in [1.807, 2.05) is 26.8 Å². The molecule has 50 heavy (non-hydrogen) atoms. The summed E-state index contributed by atoms with van der Waals surface area (Å²) in [5.74, 6) is 0.0519. The molecule has 0 N–H and O–H groups in total. The van der Waals surface area contributed by atoms with Crippen molar-refractivity contribution in [3.63, 3.8) is 0 Å². The summed E-state index contributed by atoms with van der Waals surface area (Å²) in [6.45, 7) is 10.9. The molecule has 4 rings (SSSR count). The molecule has 1 aromatic carbocycles. The fourth-order valence-corrected chi connectivity index (χ4v) is 7.37. The minimum absolute atomic E-state index is 0.0382. The van der Waals surface area contributed by atoms with E-state index < -0.39 is 11.6 Å². The lowest BCUT2D eigenvalue weighted by Gasteiger charge is -2.42. The molecule has 1 atom stereocenters. The molecule has 0 bridgehead atoms. The Labute approximate surface area is 298 Å². The van der Waals surface area contributed by atoms with Gasteiger partial charge >= 0.3 is 6.09 Å². The van der Waals surface area contributed by atoms with Crippen LogP contribution in [0.15, 0.2) is 24.3 Å². The zero-order valence-corrected chi connectivity index (χ0v) is 31.4. The first-order valence-electron chi connectivity index (χ1n) is 18.3. The molecule has 2 fully saturated rings. The molecular weight excluding hydrogens is 638 g/mol. The van der Waals surface area contributed by atoms with Crippen molar-refractivity contribution in [1.82, 2.24) is 24.5 Å². The number of carbonyl (C=O) groups excluding carboxylic acids is 5. The van der Waals surface area contributed by atoms with Gasteiger partial charge in [0.05, 0.1) is 12.2 Å². The lowest BCUT2D eigenvalue weighted by molar-refractivity contribution is -0.139. The highest BCUT2D eigenvalue weighted by Gasteiger charge is 2.39. The highest BCUT2D eigenvalue weighted by molar-refractivity contribution is 5.99. The molecule has 0 unspecified atom stereocenters. The smallest absolute Gasteiger partial charge is 0.410 e. The molecule has 0 aliphatic carbocycles. The van der Waals surface area contributed by atoms with Crippen LogP contribution in [0.5, 0.6) is 5.75 Å². The zero-order chi connectivity index (χ0) is 36.6. The minimum Gasteiger partial charge on any atom is -0.492 e. The van der Waals surface area contributed by atoms with Gasteiger partial charge in [-0.25, -0.2) is 4.79 Å². The van der Waals surface area contributed by atoms with Gasteiger partial charge in [0.1, 0.15) is 17.4 Å². The fraction of sp³-hybridized carbons (Fsp3) is 0.711. The Morgan fingerprint density at radius 2 is 1.60 bits per heavy atom. The molecule has 5 amide bonds. The van der Waals surface area contributed by atoms with Gasteiger partial charge in [0.25, 0.3) is 5.91 Å². The Bertz CT molecular complexity index is 1360. The lowest BCUT2D eigenvalue weighted by atomic mass is 9.75. The van der Waals surface area contributed by atoms with E-state index in [0.29, 0.717) is 82.9 Å². The Morgan fingerprint density at radius 3 is 2.24 bits per heavy atom. The van der Waals surface area contributed by atoms with Crippen LogP contribution >= 0.6 is 0 Å². The summed E-state index contributed by atoms with van der Waals surface area (Å²) in [5.41, 5.74) is -0.334. The van der Waals surface area contributed by atoms with Crippen LogP contribution in [0.4, 0.5) is 4.79 Å². The van der Waals surface area contributed by atoms with Crippen LogP contribution in [0.1, 0.15) is 95.8 Å². The number of amides is 5. The number of para-hydroxylation sites is 1. The molecule has 1 spiro atoms. The maximum absolute atomic E-state index is 14.1. The van der Waals surface area contributed by atoms with Crippen molar-refractivity contribution >= 4 is 29.7 Å². The van der Waals surface area contributed by atoms with Crippen molar-refractivity contribution < 1.29 is 33.4 Å². The van der Waals surface area contributed by atoms with Crippen LogP contribution in [0, 0.1) is 11.3 Å². The van der Waals surface area contributed by atoms with Crippen molar-refractivity contribution in [3.05, 3.63) is 29.8 Å². The first kappa shape index (κ1) is 39.0. The molecule has 0 saturated carbocycles. The molecule has 3 heterocycles. The summed E-state index contributed by atoms with van der Waals surface area (Å²) in [7, 11) is 5.26. The van der Waals surface area contributed by atoms with Crippen LogP contribution in [-0.2, 0) is 19.1 Å². The summed E-state index contributed by atoms with van der Waals surface area (Å²) >= 11 is 0. The fourth-order valence-electron chi connectivity index (χ4n) is 7.37. The van der Waals surface area contributed by atoms with Crippen molar-refractivity contribution in [3.8, 4) is 5.75 Å². The van der Waals surface area contributed by atoms with Gasteiger partial charge in [0.15, 0.2) is 0 Å². The summed E-state index contributed by atoms with van der Waals surface area (Å²) in [5, 5.41) is 0. The monoisotopic (exact) mass is 697 g/mol. The van der Waals surface area contributed by atoms with E-state index in [-0.39, 0.29) is 41.1 Å². The van der Waals surface area contributed by atoms with Crippen molar-refractivity contribution in [2.75, 3.05) is 67.0 Å². The van der Waals surface area contributed by atoms with Crippen LogP contribution in [0.3, 0.4) is 0 Å². The van der Waals surface area contributed by atoms with E-state index in [9.17, 15) is 24.0 Å². The predicted octanol–water partition coefficient (Wildman–Crippen LogP) is 4.66. The standard InChI is InChI=1S/C38H59N5O7/c1-28(44)42-23-16-29(17-24-42)33(45)39(5)22-12-14-31-35(47)40(6)21-11-10-18-38(19-25-43(26-20-38)36(48)50-37(2,3)4)27-49-32-15-9-8-13-30(32)34(46)41(31)7/h8-9,13,15,29,31H,10-12,14,16-27H2,1-7H3/t31-/m0/s1. The number of likely N-dealkylation sites (N-methyl/N-ethyl adjacent to an activating group) is 2. The molecule has 1 aromatic rings. The van der Waals surface area contributed by atoms with Gasteiger partial charge in [0, 0.05) is 78.7 Å². The average molecular weight is 698 g/mol. The van der Waals surface area contributed by atoms with Crippen LogP contribution in [0.25, 0.3) is 0 Å². The van der Waals surface area contributed by atoms with Crippen LogP contribution in [0.2, 0.25) is 0 Å². The molecule has 2 saturated heterocycles. The molecule has 3 aliphatic heterocycles. The number of benzene rings is 1. The lowest BCUT2D eigenvalue weighted by Crippen LogP contribution is -2.49. The summed E-state index contributed by atoms with van der Waals surface area (Å²) in [6, 6.07) is 6.50. The first-order chi connectivity index (χ1) is 23.6. The van der Waals surface area contributed by atoms with E-state index in [1.54, 1.807) is 65.9 Å². The normalized spacial score (nSPS) is 21.3. The number of hydrogen-bond donors (Lipinski definition) is 0. The number of likely N-dealkylation sites (tertiary alicyclic amines) is 2. The number of carbonyl (C=O) groups is 5. The number of nitrogens with zero attached hydrogens (tertiary/aromatic N) is 5. The topological polar surface area (TPSA) is 120 Å². The van der Waals surface area contributed by atoms with E-state index in [4.69, 9.17) is 9.47 Å². The Balaban J connectivity index is 1.44. The number of fused-ring (bicyclic) bond motifs is 1. The Kier molecular flexibility index (Phi) is 13.2. The zero-order valence-electron chi connectivity index (χ0n) is 31.4. The van der Waals surface area contributed by atoms with Crippen molar-refractivity contribution in [2.45, 2.75) is 97.1 Å². The van der Waals surface area contributed by atoms with Gasteiger partial charge in [-0.3, -0.25) is 19.2 Å². The minimum atomic E-state index is -0.700. The SMILES string of the molecule is CC(=O)N1CCC(C(=O)N(C)CCC[C@H]2C(=O)N(C)CCCCC3(CCN(C(=O)OC(C)(C)C)CC3)COc3ccccc3C(=O)N2C)CC1. The van der Waals surface area contributed by atoms with E-state index in [1.165, 1.54) is 4.90 Å². The van der Waals surface area contributed by atoms with E-state index >= 15 is 0 Å². The summed E-state index contributed by atoms with van der Waals surface area (Å²) < 4.78 is 12.1. The van der Waals surface area contributed by atoms with Gasteiger partial charge in [-0.05, 0) is 84.3 Å². The van der Waals surface area contributed by atoms with Crippen LogP contribution in [-0.4, -0.2) is 133 Å². The van der Waals surface area contributed by atoms with Crippen molar-refractivity contribution in [1.29, 1.82) is 0 Å². The van der Waals surface area contributed by atoms with E-state index in [2.05, 4.69) is 0 Å². The maximum Gasteiger partial charge on any atom is 0.410 e. The Morgan fingerprint density at radius 1 is 0.940 bits per heavy atom. The highest BCUT2D eigenvalue weighted by atomic mass is 16.6. The maximum atomic E-state index is 14.1. The molecule has 12 nitrogen and oxygen atoms in total. The largest absolute Gasteiger partial charge is 0.492 e. The van der Waals surface area contributed by atoms with Gasteiger partial charge in [-0.1, -0.05) is 18.6 Å². The second-order valence-corrected chi connectivity index (χ2v) is 15.6. The summed E-state index contributed by atoms with van der Waals surface area (Å²) in [4.78, 5) is 74.3. The quantitative estimate of drug-likeness (QED) is 0.439. The average Bonchev–Trinajstić information content (AvgIpc) is 3.09. The molecule has 278 valence electrons. The first-order valence-corrected chi connectivity index (χ1v) is 18.3. The summed E-state index contributed by atoms with van der Waals surface area (Å²) in [6.07, 6.45) is 6.06. The third kappa shape index (κ3) is 10.1. The molecule has 0 aromatic heterocycles. The molecule has 3 aliphatic rings. The third-order valence-electron chi connectivity index (χ3n) is 10.7. The molecule has 0 radical (unpaired) electrons. The van der Waals surface area contributed by atoms with Gasteiger partial charge in [0.2, 0.25) is 17.7 Å². The number of rotatable bonds is 5. The van der Waals surface area contributed by atoms with E-state index in [0.717, 1.165) is 32.1 Å². The second kappa shape index (κ2) is 16.9. The van der Waals surface area contributed by atoms with Gasteiger partial charge < -0.3 is 34.0 Å². The predicted molar refractivity (Wildman–Crippen MR) is 191 cm³/mol. The second-order valence-electron chi connectivity index (χ2n) is 15.6. The number of hydrogen-bond acceptors (Lipinski definition) is 7. The highest BCUT2D eigenvalue weighted by Crippen LogP contribution is 2.38. The van der Waals surface area contributed by atoms with Crippen LogP contribution < -0.4 is 4.74 Å². The molecule has 12 heteroatoms.